The first-order chi connectivity index (χ1) is 13.3. The molecule has 1 aromatic rings. The van der Waals surface area contributed by atoms with Crippen LogP contribution in [0.15, 0.2) is 42.0 Å². The number of carboxylic acid groups (broad SMARTS) is 1. The Balaban J connectivity index is 0. The van der Waals surface area contributed by atoms with Crippen molar-refractivity contribution >= 4 is 5.97 Å². The highest BCUT2D eigenvalue weighted by atomic mass is 16.5. The molecule has 4 heteroatoms. The summed E-state index contributed by atoms with van der Waals surface area (Å²) in [5, 5.41) is 20.0. The van der Waals surface area contributed by atoms with Crippen LogP contribution in [-0.2, 0) is 12.8 Å². The van der Waals surface area contributed by atoms with Gasteiger partial charge in [-0.1, -0.05) is 63.6 Å². The van der Waals surface area contributed by atoms with Crippen molar-refractivity contribution in [3.8, 4) is 11.5 Å². The van der Waals surface area contributed by atoms with Crippen LogP contribution in [0.3, 0.4) is 0 Å². The molecule has 0 bridgehead atoms. The summed E-state index contributed by atoms with van der Waals surface area (Å²) in [7, 11) is 1.52. The Kier molecular flexibility index (Phi) is 15.4. The molecule has 0 aliphatic carbocycles. The number of phenols is 1. The third kappa shape index (κ3) is 8.94. The van der Waals surface area contributed by atoms with Gasteiger partial charge in [-0.05, 0) is 51.7 Å². The molecular formula is C24H38O4. The van der Waals surface area contributed by atoms with E-state index in [1.165, 1.54) is 7.11 Å². The van der Waals surface area contributed by atoms with Crippen molar-refractivity contribution in [1.82, 2.24) is 0 Å². The van der Waals surface area contributed by atoms with Crippen molar-refractivity contribution in [3.63, 3.8) is 0 Å². The Morgan fingerprint density at radius 1 is 1.21 bits per heavy atom. The minimum absolute atomic E-state index is 0.0544. The van der Waals surface area contributed by atoms with E-state index in [-0.39, 0.29) is 11.3 Å². The maximum absolute atomic E-state index is 11.7. The third-order valence-corrected chi connectivity index (χ3v) is 3.71. The summed E-state index contributed by atoms with van der Waals surface area (Å²) in [5.74, 6) is -0.854. The van der Waals surface area contributed by atoms with Crippen LogP contribution in [-0.4, -0.2) is 23.3 Å². The van der Waals surface area contributed by atoms with E-state index in [9.17, 15) is 15.0 Å². The first-order valence-electron chi connectivity index (χ1n) is 9.90. The third-order valence-electron chi connectivity index (χ3n) is 3.71. The van der Waals surface area contributed by atoms with E-state index in [2.05, 4.69) is 6.58 Å². The van der Waals surface area contributed by atoms with Gasteiger partial charge in [-0.2, -0.15) is 0 Å². The lowest BCUT2D eigenvalue weighted by atomic mass is 9.94. The fourth-order valence-corrected chi connectivity index (χ4v) is 2.47. The normalized spacial score (nSPS) is 9.57. The molecule has 0 atom stereocenters. The van der Waals surface area contributed by atoms with Gasteiger partial charge in [0.2, 0.25) is 0 Å². The summed E-state index contributed by atoms with van der Waals surface area (Å²) in [5.41, 5.74) is 2.97. The number of aryl methyl sites for hydroxylation is 1. The molecule has 28 heavy (non-hydrogen) atoms. The van der Waals surface area contributed by atoms with Gasteiger partial charge in [-0.3, -0.25) is 0 Å². The predicted octanol–water partition coefficient (Wildman–Crippen LogP) is 6.73. The van der Waals surface area contributed by atoms with Crippen LogP contribution < -0.4 is 4.74 Å². The number of hydrogen-bond acceptors (Lipinski definition) is 3. The highest BCUT2D eigenvalue weighted by Gasteiger charge is 2.22. The molecule has 0 amide bonds. The number of allylic oxidation sites excluding steroid dienone is 5. The number of rotatable bonds is 8. The van der Waals surface area contributed by atoms with Gasteiger partial charge in [0.1, 0.15) is 17.1 Å². The van der Waals surface area contributed by atoms with E-state index in [0.717, 1.165) is 11.1 Å². The maximum atomic E-state index is 11.7. The number of hydrogen-bond donors (Lipinski definition) is 2. The zero-order valence-electron chi connectivity index (χ0n) is 18.8. The molecule has 0 unspecified atom stereocenters. The molecule has 0 fully saturated rings. The zero-order chi connectivity index (χ0) is 22.3. The Bertz CT molecular complexity index is 678. The second-order valence-corrected chi connectivity index (χ2v) is 5.89. The SMILES string of the molecule is C=C(/C=C\C)CCc1cc(OC)c(CC=C(C)C)c(O)c1C(=O)O.CC.CC. The van der Waals surface area contributed by atoms with Crippen LogP contribution in [0.5, 0.6) is 11.5 Å². The zero-order valence-corrected chi connectivity index (χ0v) is 18.8. The number of aromatic carboxylic acids is 1. The van der Waals surface area contributed by atoms with Gasteiger partial charge in [0.15, 0.2) is 0 Å². The van der Waals surface area contributed by atoms with E-state index in [1.807, 2.05) is 66.7 Å². The fourth-order valence-electron chi connectivity index (χ4n) is 2.47. The van der Waals surface area contributed by atoms with Crippen molar-refractivity contribution in [2.75, 3.05) is 7.11 Å². The van der Waals surface area contributed by atoms with Crippen LogP contribution >= 0.6 is 0 Å². The van der Waals surface area contributed by atoms with Gasteiger partial charge in [0, 0.05) is 5.56 Å². The molecule has 2 N–H and O–H groups in total. The molecule has 0 aromatic heterocycles. The molecule has 0 radical (unpaired) electrons. The Labute approximate surface area is 171 Å². The number of aromatic hydroxyl groups is 1. The number of methoxy groups -OCH3 is 1. The van der Waals surface area contributed by atoms with E-state index >= 15 is 0 Å². The Morgan fingerprint density at radius 3 is 2.21 bits per heavy atom. The summed E-state index contributed by atoms with van der Waals surface area (Å²) >= 11 is 0. The van der Waals surface area contributed by atoms with Crippen LogP contribution in [0.4, 0.5) is 0 Å². The second-order valence-electron chi connectivity index (χ2n) is 5.89. The lowest BCUT2D eigenvalue weighted by molar-refractivity contribution is 0.0692. The van der Waals surface area contributed by atoms with Gasteiger partial charge in [0.05, 0.1) is 7.11 Å². The summed E-state index contributed by atoms with van der Waals surface area (Å²) in [4.78, 5) is 11.7. The molecule has 1 aromatic carbocycles. The summed E-state index contributed by atoms with van der Waals surface area (Å²) < 4.78 is 5.37. The minimum atomic E-state index is -1.14. The van der Waals surface area contributed by atoms with Crippen molar-refractivity contribution < 1.29 is 19.7 Å². The highest BCUT2D eigenvalue weighted by Crippen LogP contribution is 2.36. The largest absolute Gasteiger partial charge is 0.507 e. The minimum Gasteiger partial charge on any atom is -0.507 e. The highest BCUT2D eigenvalue weighted by molar-refractivity contribution is 5.93. The number of ether oxygens (including phenoxy) is 1. The fraction of sp³-hybridized carbons (Fsp3) is 0.458. The van der Waals surface area contributed by atoms with Gasteiger partial charge < -0.3 is 14.9 Å². The molecular weight excluding hydrogens is 352 g/mol. The predicted molar refractivity (Wildman–Crippen MR) is 120 cm³/mol. The lowest BCUT2D eigenvalue weighted by Gasteiger charge is -2.16. The van der Waals surface area contributed by atoms with Gasteiger partial charge in [-0.25, -0.2) is 4.79 Å². The van der Waals surface area contributed by atoms with Gasteiger partial charge >= 0.3 is 5.97 Å². The number of carboxylic acids is 1. The van der Waals surface area contributed by atoms with Crippen LogP contribution in [0, 0.1) is 0 Å². The average molecular weight is 391 g/mol. The number of carbonyl (C=O) groups is 1. The Hall–Kier alpha value is -2.49. The molecule has 0 aliphatic rings. The topological polar surface area (TPSA) is 66.8 Å². The summed E-state index contributed by atoms with van der Waals surface area (Å²) in [6, 6.07) is 1.71. The lowest BCUT2D eigenvalue weighted by Crippen LogP contribution is -2.07. The van der Waals surface area contributed by atoms with Crippen molar-refractivity contribution in [1.29, 1.82) is 0 Å². The van der Waals surface area contributed by atoms with Crippen LogP contribution in [0.1, 0.15) is 76.4 Å². The van der Waals surface area contributed by atoms with Crippen molar-refractivity contribution in [2.45, 2.75) is 67.7 Å². The molecule has 0 saturated carbocycles. The number of benzene rings is 1. The monoisotopic (exact) mass is 390 g/mol. The van der Waals surface area contributed by atoms with E-state index in [4.69, 9.17) is 4.74 Å². The second kappa shape index (κ2) is 15.6. The Morgan fingerprint density at radius 2 is 1.79 bits per heavy atom. The van der Waals surface area contributed by atoms with E-state index in [0.29, 0.717) is 36.1 Å². The van der Waals surface area contributed by atoms with Crippen molar-refractivity contribution in [3.05, 3.63) is 58.7 Å². The first kappa shape index (κ1) is 27.7. The van der Waals surface area contributed by atoms with E-state index < -0.39 is 5.97 Å². The molecule has 4 nitrogen and oxygen atoms in total. The molecule has 0 heterocycles. The molecule has 158 valence electrons. The van der Waals surface area contributed by atoms with Crippen molar-refractivity contribution in [2.24, 2.45) is 0 Å². The van der Waals surface area contributed by atoms with E-state index in [1.54, 1.807) is 6.07 Å². The quantitative estimate of drug-likeness (QED) is 0.382. The van der Waals surface area contributed by atoms with Crippen LogP contribution in [0.2, 0.25) is 0 Å². The standard InChI is InChI=1S/C20H26O4.2C2H6/c1-6-7-14(4)9-10-15-12-17(24-5)16(11-8-13(2)3)19(21)18(15)20(22)23;2*1-2/h6-8,12,21H,4,9-11H2,1-3,5H3,(H,22,23);2*1-2H3/b7-6-;;. The van der Waals surface area contributed by atoms with Gasteiger partial charge in [-0.15, -0.1) is 0 Å². The molecule has 0 aliphatic heterocycles. The molecule has 0 spiro atoms. The summed E-state index contributed by atoms with van der Waals surface area (Å²) in [6.07, 6.45) is 7.21. The molecule has 0 saturated heterocycles. The average Bonchev–Trinajstić information content (AvgIpc) is 2.67. The summed E-state index contributed by atoms with van der Waals surface area (Å²) in [6.45, 7) is 17.7. The maximum Gasteiger partial charge on any atom is 0.339 e. The van der Waals surface area contributed by atoms with Gasteiger partial charge in [0.25, 0.3) is 0 Å². The first-order valence-corrected chi connectivity index (χ1v) is 9.90. The smallest absolute Gasteiger partial charge is 0.339 e. The molecule has 1 rings (SSSR count). The van der Waals surface area contributed by atoms with Crippen LogP contribution in [0.25, 0.3) is 0 Å².